The predicted molar refractivity (Wildman–Crippen MR) is 60.1 cm³/mol. The van der Waals surface area contributed by atoms with E-state index < -0.39 is 11.8 Å². The highest BCUT2D eigenvalue weighted by atomic mass is 19.1. The Hall–Kier alpha value is -2.37. The van der Waals surface area contributed by atoms with Crippen LogP contribution in [0.25, 0.3) is 11.3 Å². The summed E-state index contributed by atoms with van der Waals surface area (Å²) in [6.07, 6.45) is 0. The van der Waals surface area contributed by atoms with Gasteiger partial charge in [0.2, 0.25) is 5.76 Å². The Balaban J connectivity index is 2.56. The Labute approximate surface area is 102 Å². The molecule has 0 aliphatic rings. The van der Waals surface area contributed by atoms with E-state index in [1.54, 1.807) is 6.92 Å². The second-order valence-electron chi connectivity index (χ2n) is 3.63. The fourth-order valence-corrected chi connectivity index (χ4v) is 1.64. The number of aromatic nitrogens is 1. The van der Waals surface area contributed by atoms with Gasteiger partial charge in [-0.2, -0.15) is 0 Å². The molecule has 1 aromatic carbocycles. The van der Waals surface area contributed by atoms with E-state index in [4.69, 9.17) is 9.84 Å². The fraction of sp³-hybridized carbons (Fsp3) is 0.167. The lowest BCUT2D eigenvalue weighted by atomic mass is 10.1. The Morgan fingerprint density at radius 1 is 1.50 bits per heavy atom. The zero-order valence-corrected chi connectivity index (χ0v) is 9.73. The lowest BCUT2D eigenvalue weighted by Crippen LogP contribution is -1.94. The lowest BCUT2D eigenvalue weighted by molar-refractivity contribution is 0.0652. The van der Waals surface area contributed by atoms with Gasteiger partial charge in [0.05, 0.1) is 7.11 Å². The number of carbonyl (C=O) groups is 1. The van der Waals surface area contributed by atoms with Crippen molar-refractivity contribution in [2.45, 2.75) is 6.92 Å². The molecule has 1 heterocycles. The molecule has 94 valence electrons. The molecule has 0 saturated carbocycles. The zero-order chi connectivity index (χ0) is 13.3. The quantitative estimate of drug-likeness (QED) is 0.907. The Bertz CT molecular complexity index is 606. The first-order valence-electron chi connectivity index (χ1n) is 5.08. The first-order chi connectivity index (χ1) is 8.54. The van der Waals surface area contributed by atoms with Gasteiger partial charge in [0.25, 0.3) is 0 Å². The summed E-state index contributed by atoms with van der Waals surface area (Å²) in [5.41, 5.74) is 1.09. The SMILES string of the molecule is COc1c(-c2cc(C(=O)O)on2)ccc(F)c1C. The number of carboxylic acid groups (broad SMARTS) is 1. The fourth-order valence-electron chi connectivity index (χ4n) is 1.64. The maximum absolute atomic E-state index is 13.4. The summed E-state index contributed by atoms with van der Waals surface area (Å²) in [6, 6.07) is 3.99. The van der Waals surface area contributed by atoms with Gasteiger partial charge in [0.1, 0.15) is 17.3 Å². The van der Waals surface area contributed by atoms with E-state index in [9.17, 15) is 9.18 Å². The summed E-state index contributed by atoms with van der Waals surface area (Å²) in [5, 5.41) is 12.4. The molecule has 0 aliphatic carbocycles. The molecular weight excluding hydrogens is 241 g/mol. The van der Waals surface area contributed by atoms with Crippen molar-refractivity contribution in [3.8, 4) is 17.0 Å². The van der Waals surface area contributed by atoms with Crippen LogP contribution in [-0.4, -0.2) is 23.3 Å². The van der Waals surface area contributed by atoms with Crippen LogP contribution < -0.4 is 4.74 Å². The molecule has 0 aliphatic heterocycles. The van der Waals surface area contributed by atoms with Crippen LogP contribution >= 0.6 is 0 Å². The maximum atomic E-state index is 13.4. The Morgan fingerprint density at radius 3 is 2.78 bits per heavy atom. The number of nitrogens with zero attached hydrogens (tertiary/aromatic N) is 1. The summed E-state index contributed by atoms with van der Waals surface area (Å²) in [5.74, 6) is -1.60. The average molecular weight is 251 g/mol. The Morgan fingerprint density at radius 2 is 2.22 bits per heavy atom. The van der Waals surface area contributed by atoms with E-state index >= 15 is 0 Å². The van der Waals surface area contributed by atoms with Gasteiger partial charge in [-0.25, -0.2) is 9.18 Å². The third kappa shape index (κ3) is 1.92. The number of rotatable bonds is 3. The molecule has 6 heteroatoms. The molecule has 0 radical (unpaired) electrons. The van der Waals surface area contributed by atoms with Crippen LogP contribution in [0, 0.1) is 12.7 Å². The molecule has 0 spiro atoms. The third-order valence-corrected chi connectivity index (χ3v) is 2.54. The molecule has 5 nitrogen and oxygen atoms in total. The summed E-state index contributed by atoms with van der Waals surface area (Å²) in [4.78, 5) is 10.7. The van der Waals surface area contributed by atoms with Crippen molar-refractivity contribution >= 4 is 5.97 Å². The van der Waals surface area contributed by atoms with Crippen molar-refractivity contribution in [3.05, 3.63) is 35.3 Å². The molecule has 0 bridgehead atoms. The first kappa shape index (κ1) is 12.1. The minimum atomic E-state index is -1.22. The smallest absolute Gasteiger partial charge is 0.374 e. The molecular formula is C12H10FNO4. The van der Waals surface area contributed by atoms with Gasteiger partial charge in [-0.05, 0) is 19.1 Å². The molecule has 0 saturated heterocycles. The van der Waals surface area contributed by atoms with Gasteiger partial charge in [0, 0.05) is 17.2 Å². The molecule has 0 amide bonds. The number of benzene rings is 1. The number of halogens is 1. The molecule has 1 aromatic heterocycles. The summed E-state index contributed by atoms with van der Waals surface area (Å²) in [6.45, 7) is 1.57. The lowest BCUT2D eigenvalue weighted by Gasteiger charge is -2.09. The summed E-state index contributed by atoms with van der Waals surface area (Å²) in [7, 11) is 1.41. The highest BCUT2D eigenvalue weighted by molar-refractivity contribution is 5.86. The highest BCUT2D eigenvalue weighted by Crippen LogP contribution is 2.33. The Kier molecular flexibility index (Phi) is 3.01. The van der Waals surface area contributed by atoms with Crippen LogP contribution in [0.15, 0.2) is 22.7 Å². The van der Waals surface area contributed by atoms with Crippen molar-refractivity contribution in [3.63, 3.8) is 0 Å². The maximum Gasteiger partial charge on any atom is 0.374 e. The first-order valence-corrected chi connectivity index (χ1v) is 5.08. The van der Waals surface area contributed by atoms with E-state index in [2.05, 4.69) is 9.68 Å². The number of carboxylic acids is 1. The molecule has 0 fully saturated rings. The summed E-state index contributed by atoms with van der Waals surface area (Å²) < 4.78 is 23.1. The van der Waals surface area contributed by atoms with E-state index in [0.717, 1.165) is 0 Å². The van der Waals surface area contributed by atoms with Crippen LogP contribution in [0.3, 0.4) is 0 Å². The third-order valence-electron chi connectivity index (χ3n) is 2.54. The molecule has 0 unspecified atom stereocenters. The van der Waals surface area contributed by atoms with Crippen LogP contribution in [-0.2, 0) is 0 Å². The number of methoxy groups -OCH3 is 1. The van der Waals surface area contributed by atoms with E-state index in [1.165, 1.54) is 25.3 Å². The van der Waals surface area contributed by atoms with Crippen molar-refractivity contribution in [2.24, 2.45) is 0 Å². The topological polar surface area (TPSA) is 72.6 Å². The van der Waals surface area contributed by atoms with Crippen LogP contribution in [0.1, 0.15) is 16.1 Å². The largest absolute Gasteiger partial charge is 0.496 e. The number of hydrogen-bond acceptors (Lipinski definition) is 4. The predicted octanol–water partition coefficient (Wildman–Crippen LogP) is 2.50. The number of ether oxygens (including phenoxy) is 1. The molecule has 18 heavy (non-hydrogen) atoms. The number of hydrogen-bond donors (Lipinski definition) is 1. The second-order valence-corrected chi connectivity index (χ2v) is 3.63. The standard InChI is InChI=1S/C12H10FNO4/c1-6-8(13)4-3-7(11(6)17-2)9-5-10(12(15)16)18-14-9/h3-5H,1-2H3,(H,15,16). The van der Waals surface area contributed by atoms with E-state index in [1.807, 2.05) is 0 Å². The second kappa shape index (κ2) is 4.48. The molecule has 2 aromatic rings. The molecule has 2 rings (SSSR count). The van der Waals surface area contributed by atoms with Gasteiger partial charge < -0.3 is 14.4 Å². The average Bonchev–Trinajstić information content (AvgIpc) is 2.82. The van der Waals surface area contributed by atoms with Crippen LogP contribution in [0.5, 0.6) is 5.75 Å². The number of aromatic carboxylic acids is 1. The van der Waals surface area contributed by atoms with Crippen molar-refractivity contribution in [2.75, 3.05) is 7.11 Å². The van der Waals surface area contributed by atoms with Crippen LogP contribution in [0.2, 0.25) is 0 Å². The van der Waals surface area contributed by atoms with Gasteiger partial charge in [-0.3, -0.25) is 0 Å². The van der Waals surface area contributed by atoms with Crippen molar-refractivity contribution in [1.29, 1.82) is 0 Å². The van der Waals surface area contributed by atoms with Crippen LogP contribution in [0.4, 0.5) is 4.39 Å². The minimum absolute atomic E-state index is 0.283. The normalized spacial score (nSPS) is 10.4. The van der Waals surface area contributed by atoms with Gasteiger partial charge in [-0.1, -0.05) is 5.16 Å². The highest BCUT2D eigenvalue weighted by Gasteiger charge is 2.18. The van der Waals surface area contributed by atoms with E-state index in [-0.39, 0.29) is 11.5 Å². The molecule has 1 N–H and O–H groups in total. The van der Waals surface area contributed by atoms with Gasteiger partial charge in [-0.15, -0.1) is 0 Å². The summed E-state index contributed by atoms with van der Waals surface area (Å²) >= 11 is 0. The van der Waals surface area contributed by atoms with E-state index in [0.29, 0.717) is 16.9 Å². The molecule has 0 atom stereocenters. The van der Waals surface area contributed by atoms with Crippen molar-refractivity contribution in [1.82, 2.24) is 5.16 Å². The van der Waals surface area contributed by atoms with Gasteiger partial charge >= 0.3 is 5.97 Å². The van der Waals surface area contributed by atoms with Gasteiger partial charge in [0.15, 0.2) is 0 Å². The minimum Gasteiger partial charge on any atom is -0.496 e. The van der Waals surface area contributed by atoms with Crippen molar-refractivity contribution < 1.29 is 23.6 Å². The zero-order valence-electron chi connectivity index (χ0n) is 9.73. The monoisotopic (exact) mass is 251 g/mol.